The fourth-order valence-corrected chi connectivity index (χ4v) is 1.85. The molecule has 0 radical (unpaired) electrons. The van der Waals surface area contributed by atoms with Crippen molar-refractivity contribution < 1.29 is 9.18 Å². The van der Waals surface area contributed by atoms with E-state index < -0.39 is 0 Å². The highest BCUT2D eigenvalue weighted by Crippen LogP contribution is 2.10. The number of benzene rings is 2. The maximum Gasteiger partial charge on any atom is 0.244 e. The Morgan fingerprint density at radius 2 is 1.95 bits per heavy atom. The fourth-order valence-electron chi connectivity index (χ4n) is 1.64. The van der Waals surface area contributed by atoms with Crippen LogP contribution in [0.4, 0.5) is 4.39 Å². The predicted octanol–water partition coefficient (Wildman–Crippen LogP) is 3.81. The summed E-state index contributed by atoms with van der Waals surface area (Å²) in [5.41, 5.74) is 1.70. The first-order valence-electron chi connectivity index (χ1n) is 6.09. The number of carbonyl (C=O) groups excluding carboxylic acids is 1. The lowest BCUT2D eigenvalue weighted by atomic mass is 10.2. The highest BCUT2D eigenvalue weighted by molar-refractivity contribution is 6.30. The normalized spacial score (nSPS) is 10.7. The van der Waals surface area contributed by atoms with Gasteiger partial charge in [-0.1, -0.05) is 35.9 Å². The van der Waals surface area contributed by atoms with Crippen molar-refractivity contribution in [1.82, 2.24) is 5.32 Å². The second-order valence-electron chi connectivity index (χ2n) is 4.23. The smallest absolute Gasteiger partial charge is 0.244 e. The Morgan fingerprint density at radius 1 is 1.20 bits per heavy atom. The van der Waals surface area contributed by atoms with Crippen LogP contribution in [0.3, 0.4) is 0 Å². The molecule has 1 N–H and O–H groups in total. The fraction of sp³-hybridized carbons (Fsp3) is 0.0625. The average molecular weight is 290 g/mol. The third kappa shape index (κ3) is 4.52. The standard InChI is InChI=1S/C16H13ClFNO/c17-14-3-1-2-13(10-14)11-19-16(20)9-6-12-4-7-15(18)8-5-12/h1-10H,11H2,(H,19,20). The summed E-state index contributed by atoms with van der Waals surface area (Å²) in [5, 5.41) is 3.39. The quantitative estimate of drug-likeness (QED) is 0.852. The molecular formula is C16H13ClFNO. The molecule has 0 bridgehead atoms. The lowest BCUT2D eigenvalue weighted by Gasteiger charge is -2.02. The molecular weight excluding hydrogens is 277 g/mol. The van der Waals surface area contributed by atoms with Gasteiger partial charge in [-0.15, -0.1) is 0 Å². The van der Waals surface area contributed by atoms with Gasteiger partial charge in [-0.3, -0.25) is 4.79 Å². The van der Waals surface area contributed by atoms with Gasteiger partial charge in [0.1, 0.15) is 5.82 Å². The van der Waals surface area contributed by atoms with E-state index in [1.807, 2.05) is 12.1 Å². The van der Waals surface area contributed by atoms with E-state index in [9.17, 15) is 9.18 Å². The summed E-state index contributed by atoms with van der Waals surface area (Å²) >= 11 is 5.86. The van der Waals surface area contributed by atoms with Crippen LogP contribution in [0, 0.1) is 5.82 Å². The predicted molar refractivity (Wildman–Crippen MR) is 78.7 cm³/mol. The van der Waals surface area contributed by atoms with Gasteiger partial charge in [-0.2, -0.15) is 0 Å². The van der Waals surface area contributed by atoms with E-state index in [4.69, 9.17) is 11.6 Å². The van der Waals surface area contributed by atoms with Gasteiger partial charge in [0.25, 0.3) is 0 Å². The van der Waals surface area contributed by atoms with Crippen molar-refractivity contribution in [3.8, 4) is 0 Å². The first kappa shape index (κ1) is 14.3. The zero-order valence-electron chi connectivity index (χ0n) is 10.6. The Kier molecular flexibility index (Phi) is 4.91. The first-order chi connectivity index (χ1) is 9.63. The Labute approximate surface area is 121 Å². The molecule has 0 saturated carbocycles. The third-order valence-corrected chi connectivity index (χ3v) is 2.89. The zero-order valence-corrected chi connectivity index (χ0v) is 11.4. The van der Waals surface area contributed by atoms with Crippen LogP contribution < -0.4 is 5.32 Å². The molecule has 0 aromatic heterocycles. The molecule has 2 aromatic rings. The molecule has 20 heavy (non-hydrogen) atoms. The molecule has 102 valence electrons. The topological polar surface area (TPSA) is 29.1 Å². The summed E-state index contributed by atoms with van der Waals surface area (Å²) in [6.07, 6.45) is 3.05. The summed E-state index contributed by atoms with van der Waals surface area (Å²) in [6.45, 7) is 0.410. The maximum atomic E-state index is 12.7. The summed E-state index contributed by atoms with van der Waals surface area (Å²) in [5.74, 6) is -0.512. The van der Waals surface area contributed by atoms with Crippen LogP contribution in [0.25, 0.3) is 6.08 Å². The number of amides is 1. The van der Waals surface area contributed by atoms with Crippen molar-refractivity contribution in [2.75, 3.05) is 0 Å². The van der Waals surface area contributed by atoms with Crippen molar-refractivity contribution in [3.63, 3.8) is 0 Å². The molecule has 0 unspecified atom stereocenters. The van der Waals surface area contributed by atoms with Gasteiger partial charge in [0.15, 0.2) is 0 Å². The highest BCUT2D eigenvalue weighted by Gasteiger charge is 1.98. The van der Waals surface area contributed by atoms with Crippen LogP contribution in [-0.4, -0.2) is 5.91 Å². The Bertz CT molecular complexity index is 623. The second kappa shape index (κ2) is 6.87. The lowest BCUT2D eigenvalue weighted by molar-refractivity contribution is -0.116. The van der Waals surface area contributed by atoms with Gasteiger partial charge in [-0.05, 0) is 41.5 Å². The third-order valence-electron chi connectivity index (χ3n) is 2.65. The molecule has 0 spiro atoms. The van der Waals surface area contributed by atoms with Crippen molar-refractivity contribution in [1.29, 1.82) is 0 Å². The molecule has 0 heterocycles. The van der Waals surface area contributed by atoms with E-state index in [0.29, 0.717) is 11.6 Å². The van der Waals surface area contributed by atoms with Crippen LogP contribution in [0.5, 0.6) is 0 Å². The van der Waals surface area contributed by atoms with Crippen LogP contribution in [0.2, 0.25) is 5.02 Å². The van der Waals surface area contributed by atoms with Gasteiger partial charge in [0.2, 0.25) is 5.91 Å². The number of halogens is 2. The number of hydrogen-bond donors (Lipinski definition) is 1. The molecule has 1 amide bonds. The molecule has 0 aliphatic carbocycles. The Hall–Kier alpha value is -2.13. The van der Waals surface area contributed by atoms with Crippen molar-refractivity contribution in [2.24, 2.45) is 0 Å². The molecule has 0 fully saturated rings. The van der Waals surface area contributed by atoms with Gasteiger partial charge in [0.05, 0.1) is 0 Å². The maximum absolute atomic E-state index is 12.7. The van der Waals surface area contributed by atoms with Gasteiger partial charge >= 0.3 is 0 Å². The molecule has 2 nitrogen and oxygen atoms in total. The molecule has 2 aromatic carbocycles. The Morgan fingerprint density at radius 3 is 2.65 bits per heavy atom. The minimum atomic E-state index is -0.299. The molecule has 2 rings (SSSR count). The van der Waals surface area contributed by atoms with Crippen molar-refractivity contribution >= 4 is 23.6 Å². The van der Waals surface area contributed by atoms with Crippen LogP contribution in [0.1, 0.15) is 11.1 Å². The van der Waals surface area contributed by atoms with Crippen molar-refractivity contribution in [3.05, 3.63) is 76.6 Å². The van der Waals surface area contributed by atoms with Gasteiger partial charge < -0.3 is 5.32 Å². The number of carbonyl (C=O) groups is 1. The summed E-state index contributed by atoms with van der Waals surface area (Å²) in [7, 11) is 0. The summed E-state index contributed by atoms with van der Waals surface area (Å²) in [6, 6.07) is 13.2. The van der Waals surface area contributed by atoms with E-state index in [1.165, 1.54) is 18.2 Å². The van der Waals surface area contributed by atoms with Gasteiger partial charge in [-0.25, -0.2) is 4.39 Å². The average Bonchev–Trinajstić information content (AvgIpc) is 2.45. The van der Waals surface area contributed by atoms with E-state index >= 15 is 0 Å². The van der Waals surface area contributed by atoms with Crippen molar-refractivity contribution in [2.45, 2.75) is 6.54 Å². The number of hydrogen-bond acceptors (Lipinski definition) is 1. The minimum absolute atomic E-state index is 0.214. The van der Waals surface area contributed by atoms with E-state index in [0.717, 1.165) is 11.1 Å². The zero-order chi connectivity index (χ0) is 14.4. The molecule has 0 aliphatic rings. The van der Waals surface area contributed by atoms with E-state index in [-0.39, 0.29) is 11.7 Å². The van der Waals surface area contributed by atoms with E-state index in [2.05, 4.69) is 5.32 Å². The minimum Gasteiger partial charge on any atom is -0.348 e. The summed E-state index contributed by atoms with van der Waals surface area (Å²) < 4.78 is 12.7. The van der Waals surface area contributed by atoms with Crippen LogP contribution in [0.15, 0.2) is 54.6 Å². The second-order valence-corrected chi connectivity index (χ2v) is 4.67. The molecule has 0 saturated heterocycles. The molecule has 0 aliphatic heterocycles. The highest BCUT2D eigenvalue weighted by atomic mass is 35.5. The first-order valence-corrected chi connectivity index (χ1v) is 6.47. The molecule has 4 heteroatoms. The van der Waals surface area contributed by atoms with Crippen LogP contribution in [-0.2, 0) is 11.3 Å². The lowest BCUT2D eigenvalue weighted by Crippen LogP contribution is -2.20. The summed E-state index contributed by atoms with van der Waals surface area (Å²) in [4.78, 5) is 11.6. The van der Waals surface area contributed by atoms with Gasteiger partial charge in [0, 0.05) is 17.6 Å². The van der Waals surface area contributed by atoms with E-state index in [1.54, 1.807) is 30.3 Å². The SMILES string of the molecule is O=C(C=Cc1ccc(F)cc1)NCc1cccc(Cl)c1. The molecule has 0 atom stereocenters. The monoisotopic (exact) mass is 289 g/mol. The largest absolute Gasteiger partial charge is 0.348 e. The van der Waals surface area contributed by atoms with Crippen LogP contribution >= 0.6 is 11.6 Å². The number of nitrogens with one attached hydrogen (secondary N) is 1. The number of rotatable bonds is 4. The Balaban J connectivity index is 1.88.